The summed E-state index contributed by atoms with van der Waals surface area (Å²) in [5, 5.41) is 17.1. The van der Waals surface area contributed by atoms with E-state index in [1.54, 1.807) is 11.9 Å². The summed E-state index contributed by atoms with van der Waals surface area (Å²) in [4.78, 5) is 0. The molecule has 0 rings (SSSR count). The van der Waals surface area contributed by atoms with Crippen LogP contribution in [-0.2, 0) is 0 Å². The molecule has 0 radical (unpaired) electrons. The molecule has 4 heteroatoms. The lowest BCUT2D eigenvalue weighted by Gasteiger charge is -2.15. The fourth-order valence-electron chi connectivity index (χ4n) is 1.23. The standard InChI is InChI=1S/C11H24N4/c1-5-13-14-15(11(4)12)9-7-6-8-10(2)3/h10,12H,5-9H2,1-4H3. The third-order valence-electron chi connectivity index (χ3n) is 2.10. The fourth-order valence-corrected chi connectivity index (χ4v) is 1.23. The molecule has 4 nitrogen and oxygen atoms in total. The van der Waals surface area contributed by atoms with Crippen molar-refractivity contribution < 1.29 is 0 Å². The predicted molar refractivity (Wildman–Crippen MR) is 64.2 cm³/mol. The molecule has 1 N–H and O–H groups in total. The maximum atomic E-state index is 7.52. The predicted octanol–water partition coefficient (Wildman–Crippen LogP) is 3.50. The molecule has 0 spiro atoms. The Morgan fingerprint density at radius 3 is 2.47 bits per heavy atom. The first-order valence-corrected chi connectivity index (χ1v) is 5.78. The highest BCUT2D eigenvalue weighted by molar-refractivity contribution is 5.75. The van der Waals surface area contributed by atoms with Crippen molar-refractivity contribution in [3.63, 3.8) is 0 Å². The van der Waals surface area contributed by atoms with E-state index < -0.39 is 0 Å². The molecule has 0 unspecified atom stereocenters. The third-order valence-corrected chi connectivity index (χ3v) is 2.10. The zero-order valence-corrected chi connectivity index (χ0v) is 10.5. The van der Waals surface area contributed by atoms with E-state index in [1.807, 2.05) is 6.92 Å². The lowest BCUT2D eigenvalue weighted by atomic mass is 10.1. The number of nitrogens with one attached hydrogen (secondary N) is 1. The molecule has 0 aliphatic carbocycles. The Labute approximate surface area is 93.3 Å². The van der Waals surface area contributed by atoms with Gasteiger partial charge in [0.05, 0.1) is 6.54 Å². The number of amidine groups is 1. The highest BCUT2D eigenvalue weighted by Crippen LogP contribution is 2.07. The molecule has 0 aromatic carbocycles. The summed E-state index contributed by atoms with van der Waals surface area (Å²) in [7, 11) is 0. The van der Waals surface area contributed by atoms with E-state index in [0.29, 0.717) is 12.4 Å². The van der Waals surface area contributed by atoms with Gasteiger partial charge >= 0.3 is 0 Å². The van der Waals surface area contributed by atoms with Crippen LogP contribution < -0.4 is 0 Å². The van der Waals surface area contributed by atoms with E-state index in [9.17, 15) is 0 Å². The Hall–Kier alpha value is -0.930. The zero-order valence-electron chi connectivity index (χ0n) is 10.5. The summed E-state index contributed by atoms with van der Waals surface area (Å²) in [5.74, 6) is 1.23. The molecule has 0 aliphatic heterocycles. The van der Waals surface area contributed by atoms with Crippen LogP contribution in [-0.4, -0.2) is 23.9 Å². The van der Waals surface area contributed by atoms with E-state index in [4.69, 9.17) is 5.41 Å². The maximum Gasteiger partial charge on any atom is 0.115 e. The molecule has 0 saturated heterocycles. The van der Waals surface area contributed by atoms with Gasteiger partial charge in [0, 0.05) is 6.54 Å². The first kappa shape index (κ1) is 14.1. The van der Waals surface area contributed by atoms with Crippen molar-refractivity contribution in [2.75, 3.05) is 13.1 Å². The summed E-state index contributed by atoms with van der Waals surface area (Å²) >= 11 is 0. The number of hydrogen-bond donors (Lipinski definition) is 1. The van der Waals surface area contributed by atoms with Gasteiger partial charge in [0.2, 0.25) is 0 Å². The van der Waals surface area contributed by atoms with Crippen molar-refractivity contribution in [1.29, 1.82) is 5.41 Å². The molecule has 88 valence electrons. The fraction of sp³-hybridized carbons (Fsp3) is 0.909. The maximum absolute atomic E-state index is 7.52. The Bertz CT molecular complexity index is 199. The van der Waals surface area contributed by atoms with Gasteiger partial charge in [0.25, 0.3) is 0 Å². The van der Waals surface area contributed by atoms with Crippen LogP contribution >= 0.6 is 0 Å². The number of unbranched alkanes of at least 4 members (excludes halogenated alkanes) is 1. The van der Waals surface area contributed by atoms with Crippen LogP contribution in [0.2, 0.25) is 0 Å². The molecule has 15 heavy (non-hydrogen) atoms. The highest BCUT2D eigenvalue weighted by atomic mass is 15.5. The monoisotopic (exact) mass is 212 g/mol. The molecular formula is C11H24N4. The lowest BCUT2D eigenvalue weighted by molar-refractivity contribution is 0.382. The molecule has 0 aromatic rings. The van der Waals surface area contributed by atoms with Gasteiger partial charge in [-0.3, -0.25) is 5.41 Å². The summed E-state index contributed by atoms with van der Waals surface area (Å²) in [5.41, 5.74) is 0. The number of nitrogens with zero attached hydrogens (tertiary/aromatic N) is 3. The van der Waals surface area contributed by atoms with Gasteiger partial charge in [-0.2, -0.15) is 5.11 Å². The average Bonchev–Trinajstić information content (AvgIpc) is 2.15. The highest BCUT2D eigenvalue weighted by Gasteiger charge is 2.03. The van der Waals surface area contributed by atoms with Crippen LogP contribution in [0.1, 0.15) is 47.0 Å². The van der Waals surface area contributed by atoms with Gasteiger partial charge in [-0.25, -0.2) is 5.01 Å². The van der Waals surface area contributed by atoms with Crippen LogP contribution in [0.25, 0.3) is 0 Å². The molecule has 0 fully saturated rings. The molecule has 0 bridgehead atoms. The molecular weight excluding hydrogens is 188 g/mol. The summed E-state index contributed by atoms with van der Waals surface area (Å²) < 4.78 is 0. The van der Waals surface area contributed by atoms with Gasteiger partial charge in [-0.1, -0.05) is 31.9 Å². The smallest absolute Gasteiger partial charge is 0.115 e. The van der Waals surface area contributed by atoms with Crippen LogP contribution in [0.15, 0.2) is 10.3 Å². The van der Waals surface area contributed by atoms with Crippen molar-refractivity contribution in [3.05, 3.63) is 0 Å². The number of hydrogen-bond acceptors (Lipinski definition) is 3. The lowest BCUT2D eigenvalue weighted by Crippen LogP contribution is -2.23. The third kappa shape index (κ3) is 8.09. The van der Waals surface area contributed by atoms with E-state index in [0.717, 1.165) is 18.9 Å². The van der Waals surface area contributed by atoms with Gasteiger partial charge in [0.15, 0.2) is 0 Å². The van der Waals surface area contributed by atoms with Crippen LogP contribution in [0.3, 0.4) is 0 Å². The number of rotatable bonds is 7. The second-order valence-electron chi connectivity index (χ2n) is 4.15. The van der Waals surface area contributed by atoms with Crippen LogP contribution in [0, 0.1) is 11.3 Å². The van der Waals surface area contributed by atoms with Gasteiger partial charge in [-0.15, -0.1) is 0 Å². The molecule has 0 saturated carbocycles. The van der Waals surface area contributed by atoms with E-state index in [2.05, 4.69) is 24.2 Å². The Kier molecular flexibility index (Phi) is 7.86. The van der Waals surface area contributed by atoms with Crippen molar-refractivity contribution >= 4 is 5.84 Å². The SMILES string of the molecule is CCN=NN(CCCCC(C)C)C(C)=N. The van der Waals surface area contributed by atoms with Gasteiger partial charge in [0.1, 0.15) is 5.84 Å². The van der Waals surface area contributed by atoms with Crippen molar-refractivity contribution in [2.24, 2.45) is 16.3 Å². The minimum Gasteiger partial charge on any atom is -0.287 e. The van der Waals surface area contributed by atoms with Crippen LogP contribution in [0.4, 0.5) is 0 Å². The summed E-state index contributed by atoms with van der Waals surface area (Å²) in [6.07, 6.45) is 3.52. The summed E-state index contributed by atoms with van der Waals surface area (Å²) in [6, 6.07) is 0. The first-order valence-electron chi connectivity index (χ1n) is 5.78. The van der Waals surface area contributed by atoms with Gasteiger partial charge < -0.3 is 0 Å². The molecule has 0 amide bonds. The van der Waals surface area contributed by atoms with E-state index in [-0.39, 0.29) is 0 Å². The second-order valence-corrected chi connectivity index (χ2v) is 4.15. The molecule has 0 aliphatic rings. The van der Waals surface area contributed by atoms with Crippen molar-refractivity contribution in [1.82, 2.24) is 5.01 Å². The Balaban J connectivity index is 3.77. The van der Waals surface area contributed by atoms with E-state index in [1.165, 1.54) is 12.8 Å². The van der Waals surface area contributed by atoms with Crippen LogP contribution in [0.5, 0.6) is 0 Å². The first-order chi connectivity index (χ1) is 7.07. The van der Waals surface area contributed by atoms with Crippen molar-refractivity contribution in [3.8, 4) is 0 Å². The average molecular weight is 212 g/mol. The zero-order chi connectivity index (χ0) is 11.7. The summed E-state index contributed by atoms with van der Waals surface area (Å²) in [6.45, 7) is 9.64. The second kappa shape index (κ2) is 8.38. The normalized spacial score (nSPS) is 11.3. The quantitative estimate of drug-likeness (QED) is 0.227. The van der Waals surface area contributed by atoms with Gasteiger partial charge in [-0.05, 0) is 26.2 Å². The molecule has 0 heterocycles. The minimum atomic E-state index is 0.469. The Morgan fingerprint density at radius 2 is 2.00 bits per heavy atom. The Morgan fingerprint density at radius 1 is 1.33 bits per heavy atom. The van der Waals surface area contributed by atoms with Crippen molar-refractivity contribution in [2.45, 2.75) is 47.0 Å². The van der Waals surface area contributed by atoms with E-state index >= 15 is 0 Å². The minimum absolute atomic E-state index is 0.469. The largest absolute Gasteiger partial charge is 0.287 e. The molecule has 0 atom stereocenters. The topological polar surface area (TPSA) is 51.8 Å². The molecule has 0 aromatic heterocycles.